The predicted octanol–water partition coefficient (Wildman–Crippen LogP) is 2.67. The SMILES string of the molecule is Cc1ccc(CCCCc2ccccc2)cc1C(O)CC(N)(CO)CO. The monoisotopic (exact) mass is 357 g/mol. The highest BCUT2D eigenvalue weighted by molar-refractivity contribution is 5.33. The Hall–Kier alpha value is -1.72. The van der Waals surface area contributed by atoms with Crippen molar-refractivity contribution in [1.29, 1.82) is 0 Å². The number of aryl methyl sites for hydroxylation is 3. The third kappa shape index (κ3) is 5.92. The quantitative estimate of drug-likeness (QED) is 0.492. The Bertz CT molecular complexity index is 668. The number of aliphatic hydroxyl groups is 3. The van der Waals surface area contributed by atoms with E-state index in [2.05, 4.69) is 30.3 Å². The van der Waals surface area contributed by atoms with Gasteiger partial charge in [0, 0.05) is 0 Å². The Kier molecular flexibility index (Phi) is 7.79. The van der Waals surface area contributed by atoms with Crippen LogP contribution in [0, 0.1) is 6.92 Å². The number of aliphatic hydroxyl groups excluding tert-OH is 3. The summed E-state index contributed by atoms with van der Waals surface area (Å²) in [6.45, 7) is 1.23. The van der Waals surface area contributed by atoms with Crippen LogP contribution in [0.15, 0.2) is 48.5 Å². The molecule has 0 fully saturated rings. The molecule has 0 amide bonds. The van der Waals surface area contributed by atoms with E-state index in [0.29, 0.717) is 0 Å². The summed E-state index contributed by atoms with van der Waals surface area (Å²) < 4.78 is 0. The van der Waals surface area contributed by atoms with Crippen molar-refractivity contribution in [3.63, 3.8) is 0 Å². The van der Waals surface area contributed by atoms with Crippen molar-refractivity contribution in [3.05, 3.63) is 70.8 Å². The maximum Gasteiger partial charge on any atom is 0.0812 e. The van der Waals surface area contributed by atoms with E-state index in [1.165, 1.54) is 11.1 Å². The summed E-state index contributed by atoms with van der Waals surface area (Å²) in [5, 5.41) is 29.2. The molecule has 0 bridgehead atoms. The second-order valence-corrected chi connectivity index (χ2v) is 7.28. The average molecular weight is 357 g/mol. The molecule has 4 heteroatoms. The summed E-state index contributed by atoms with van der Waals surface area (Å²) in [5.74, 6) is 0. The zero-order chi connectivity index (χ0) is 19.0. The first-order chi connectivity index (χ1) is 12.5. The Morgan fingerprint density at radius 2 is 1.54 bits per heavy atom. The Morgan fingerprint density at radius 3 is 2.15 bits per heavy atom. The number of hydrogen-bond donors (Lipinski definition) is 4. The number of rotatable bonds is 10. The van der Waals surface area contributed by atoms with E-state index < -0.39 is 11.6 Å². The first-order valence-corrected chi connectivity index (χ1v) is 9.29. The van der Waals surface area contributed by atoms with E-state index in [0.717, 1.165) is 36.8 Å². The van der Waals surface area contributed by atoms with E-state index in [4.69, 9.17) is 5.73 Å². The summed E-state index contributed by atoms with van der Waals surface area (Å²) in [6, 6.07) is 16.6. The Labute approximate surface area is 156 Å². The number of nitrogens with two attached hydrogens (primary N) is 1. The zero-order valence-electron chi connectivity index (χ0n) is 15.6. The minimum absolute atomic E-state index is 0.123. The van der Waals surface area contributed by atoms with Crippen LogP contribution in [0.3, 0.4) is 0 Å². The lowest BCUT2D eigenvalue weighted by Gasteiger charge is -2.28. The van der Waals surface area contributed by atoms with Crippen molar-refractivity contribution in [2.75, 3.05) is 13.2 Å². The number of unbranched alkanes of at least 4 members (excludes halogenated alkanes) is 1. The van der Waals surface area contributed by atoms with Gasteiger partial charge >= 0.3 is 0 Å². The molecule has 2 aromatic rings. The highest BCUT2D eigenvalue weighted by Gasteiger charge is 2.28. The highest BCUT2D eigenvalue weighted by atomic mass is 16.3. The minimum atomic E-state index is -1.17. The fourth-order valence-corrected chi connectivity index (χ4v) is 3.18. The lowest BCUT2D eigenvalue weighted by molar-refractivity contribution is 0.0615. The lowest BCUT2D eigenvalue weighted by atomic mass is 9.89. The third-order valence-corrected chi connectivity index (χ3v) is 4.96. The van der Waals surface area contributed by atoms with Gasteiger partial charge in [-0.25, -0.2) is 0 Å². The molecular weight excluding hydrogens is 326 g/mol. The molecule has 4 nitrogen and oxygen atoms in total. The molecule has 0 heterocycles. The molecule has 0 spiro atoms. The van der Waals surface area contributed by atoms with Gasteiger partial charge in [0.2, 0.25) is 0 Å². The van der Waals surface area contributed by atoms with Crippen LogP contribution in [0.4, 0.5) is 0 Å². The van der Waals surface area contributed by atoms with Crippen molar-refractivity contribution in [2.45, 2.75) is 50.7 Å². The molecule has 0 aliphatic rings. The van der Waals surface area contributed by atoms with Gasteiger partial charge in [-0.2, -0.15) is 0 Å². The Morgan fingerprint density at radius 1 is 0.923 bits per heavy atom. The van der Waals surface area contributed by atoms with Gasteiger partial charge in [-0.3, -0.25) is 0 Å². The molecule has 26 heavy (non-hydrogen) atoms. The van der Waals surface area contributed by atoms with Crippen LogP contribution >= 0.6 is 0 Å². The number of benzene rings is 2. The van der Waals surface area contributed by atoms with E-state index in [1.807, 2.05) is 25.1 Å². The molecule has 0 radical (unpaired) electrons. The number of hydrogen-bond acceptors (Lipinski definition) is 4. The summed E-state index contributed by atoms with van der Waals surface area (Å²) in [6.07, 6.45) is 3.56. The molecule has 0 aliphatic heterocycles. The highest BCUT2D eigenvalue weighted by Crippen LogP contribution is 2.26. The van der Waals surface area contributed by atoms with Crippen molar-refractivity contribution in [2.24, 2.45) is 5.73 Å². The fourth-order valence-electron chi connectivity index (χ4n) is 3.18. The molecule has 2 aromatic carbocycles. The summed E-state index contributed by atoms with van der Waals surface area (Å²) >= 11 is 0. The standard InChI is InChI=1S/C22H31NO3/c1-17-11-12-19(10-6-5-9-18-7-3-2-4-8-18)13-20(17)21(26)14-22(23,15-24)16-25/h2-4,7-8,11-13,21,24-26H,5-6,9-10,14-16,23H2,1H3. The fraction of sp³-hybridized carbons (Fsp3) is 0.455. The summed E-state index contributed by atoms with van der Waals surface area (Å²) in [5.41, 5.74) is 9.11. The van der Waals surface area contributed by atoms with Crippen LogP contribution in [-0.4, -0.2) is 34.1 Å². The van der Waals surface area contributed by atoms with Gasteiger partial charge in [-0.05, 0) is 61.3 Å². The first kappa shape index (κ1) is 20.6. The van der Waals surface area contributed by atoms with Crippen molar-refractivity contribution >= 4 is 0 Å². The molecule has 142 valence electrons. The van der Waals surface area contributed by atoms with Crippen LogP contribution in [0.1, 0.15) is 47.6 Å². The summed E-state index contributed by atoms with van der Waals surface area (Å²) in [4.78, 5) is 0. The van der Waals surface area contributed by atoms with Gasteiger partial charge in [-0.1, -0.05) is 48.5 Å². The van der Waals surface area contributed by atoms with Gasteiger partial charge < -0.3 is 21.1 Å². The Balaban J connectivity index is 1.93. The minimum Gasteiger partial charge on any atom is -0.394 e. The predicted molar refractivity (Wildman–Crippen MR) is 105 cm³/mol. The van der Waals surface area contributed by atoms with Crippen molar-refractivity contribution in [3.8, 4) is 0 Å². The van der Waals surface area contributed by atoms with Gasteiger partial charge in [0.05, 0.1) is 24.9 Å². The lowest BCUT2D eigenvalue weighted by Crippen LogP contribution is -2.48. The molecule has 2 rings (SSSR count). The van der Waals surface area contributed by atoms with Crippen LogP contribution in [0.25, 0.3) is 0 Å². The molecule has 5 N–H and O–H groups in total. The van der Waals surface area contributed by atoms with Crippen LogP contribution in [0.2, 0.25) is 0 Å². The van der Waals surface area contributed by atoms with Crippen molar-refractivity contribution < 1.29 is 15.3 Å². The normalized spacial score (nSPS) is 13.0. The van der Waals surface area contributed by atoms with Crippen LogP contribution in [-0.2, 0) is 12.8 Å². The van der Waals surface area contributed by atoms with E-state index in [1.54, 1.807) is 0 Å². The third-order valence-electron chi connectivity index (χ3n) is 4.96. The molecule has 0 saturated heterocycles. The molecule has 1 atom stereocenters. The van der Waals surface area contributed by atoms with Gasteiger partial charge in [0.25, 0.3) is 0 Å². The molecule has 0 saturated carbocycles. The van der Waals surface area contributed by atoms with E-state index in [9.17, 15) is 15.3 Å². The van der Waals surface area contributed by atoms with Gasteiger partial charge in [-0.15, -0.1) is 0 Å². The smallest absolute Gasteiger partial charge is 0.0812 e. The van der Waals surface area contributed by atoms with Gasteiger partial charge in [0.15, 0.2) is 0 Å². The maximum absolute atomic E-state index is 10.5. The average Bonchev–Trinajstić information content (AvgIpc) is 2.67. The summed E-state index contributed by atoms with van der Waals surface area (Å²) in [7, 11) is 0. The second-order valence-electron chi connectivity index (χ2n) is 7.28. The van der Waals surface area contributed by atoms with Crippen molar-refractivity contribution in [1.82, 2.24) is 0 Å². The van der Waals surface area contributed by atoms with Gasteiger partial charge in [0.1, 0.15) is 0 Å². The molecule has 0 aromatic heterocycles. The van der Waals surface area contributed by atoms with E-state index in [-0.39, 0.29) is 19.6 Å². The maximum atomic E-state index is 10.5. The first-order valence-electron chi connectivity index (χ1n) is 9.29. The van der Waals surface area contributed by atoms with Crippen LogP contribution in [0.5, 0.6) is 0 Å². The molecule has 0 aliphatic carbocycles. The zero-order valence-corrected chi connectivity index (χ0v) is 15.6. The largest absolute Gasteiger partial charge is 0.394 e. The molecule has 1 unspecified atom stereocenters. The molecular formula is C22H31NO3. The topological polar surface area (TPSA) is 86.7 Å². The van der Waals surface area contributed by atoms with E-state index >= 15 is 0 Å². The van der Waals surface area contributed by atoms with Crippen LogP contribution < -0.4 is 5.73 Å². The second kappa shape index (κ2) is 9.83.